The molecule has 20 heavy (non-hydrogen) atoms. The van der Waals surface area contributed by atoms with Gasteiger partial charge in [-0.3, -0.25) is 0 Å². The van der Waals surface area contributed by atoms with Crippen LogP contribution in [0.15, 0.2) is 47.4 Å². The van der Waals surface area contributed by atoms with Crippen LogP contribution in [0.1, 0.15) is 39.7 Å². The number of hydrogen-bond acceptors (Lipinski definition) is 3. The van der Waals surface area contributed by atoms with E-state index in [0.29, 0.717) is 5.82 Å². The smallest absolute Gasteiger partial charge is 0.0997 e. The van der Waals surface area contributed by atoms with Crippen LogP contribution in [0.3, 0.4) is 0 Å². The number of nitrogens with two attached hydrogens (primary N) is 2. The molecule has 0 aliphatic heterocycles. The van der Waals surface area contributed by atoms with Crippen molar-refractivity contribution >= 4 is 11.6 Å². The van der Waals surface area contributed by atoms with Gasteiger partial charge >= 0.3 is 0 Å². The summed E-state index contributed by atoms with van der Waals surface area (Å²) >= 11 is 5.92. The fourth-order valence-corrected chi connectivity index (χ4v) is 1.96. The Morgan fingerprint density at radius 1 is 1.25 bits per heavy atom. The highest BCUT2D eigenvalue weighted by molar-refractivity contribution is 6.30. The molecule has 0 amide bonds. The van der Waals surface area contributed by atoms with Crippen LogP contribution in [0.25, 0.3) is 0 Å². The Bertz CT molecular complexity index is 513. The normalized spacial score (nSPS) is 13.9. The third-order valence-corrected chi connectivity index (χ3v) is 3.50. The van der Waals surface area contributed by atoms with Gasteiger partial charge in [0.05, 0.1) is 11.4 Å². The van der Waals surface area contributed by atoms with Crippen molar-refractivity contribution in [2.24, 2.45) is 11.5 Å². The molecule has 3 nitrogen and oxygen atoms in total. The lowest BCUT2D eigenvalue weighted by Crippen LogP contribution is -2.39. The molecule has 0 saturated heterocycles. The van der Waals surface area contributed by atoms with E-state index in [9.17, 15) is 0 Å². The predicted molar refractivity (Wildman–Crippen MR) is 87.1 cm³/mol. The largest absolute Gasteiger partial charge is 0.402 e. The molecular weight excluding hydrogens is 270 g/mol. The lowest BCUT2D eigenvalue weighted by atomic mass is 9.94. The van der Waals surface area contributed by atoms with Crippen LogP contribution in [-0.2, 0) is 5.54 Å². The highest BCUT2D eigenvalue weighted by Crippen LogP contribution is 2.23. The van der Waals surface area contributed by atoms with E-state index in [1.165, 1.54) is 0 Å². The number of hydrogen-bond donors (Lipinski definition) is 3. The number of benzene rings is 1. The first-order valence-corrected chi connectivity index (χ1v) is 7.10. The van der Waals surface area contributed by atoms with Crippen LogP contribution in [0, 0.1) is 0 Å². The molecule has 4 heteroatoms. The summed E-state index contributed by atoms with van der Waals surface area (Å²) in [5, 5.41) is 4.06. The van der Waals surface area contributed by atoms with E-state index >= 15 is 0 Å². The molecule has 0 spiro atoms. The van der Waals surface area contributed by atoms with E-state index in [1.54, 1.807) is 0 Å². The van der Waals surface area contributed by atoms with Crippen LogP contribution < -0.4 is 16.8 Å². The Hall–Kier alpha value is -1.61. The van der Waals surface area contributed by atoms with Crippen LogP contribution in [-0.4, -0.2) is 0 Å². The first-order valence-electron chi connectivity index (χ1n) is 6.73. The van der Waals surface area contributed by atoms with Gasteiger partial charge in [-0.25, -0.2) is 0 Å². The molecule has 0 radical (unpaired) electrons. The molecule has 0 unspecified atom stereocenters. The molecule has 0 atom stereocenters. The van der Waals surface area contributed by atoms with Crippen molar-refractivity contribution in [2.75, 3.05) is 0 Å². The van der Waals surface area contributed by atoms with Gasteiger partial charge in [-0.1, -0.05) is 30.7 Å². The van der Waals surface area contributed by atoms with E-state index in [0.717, 1.165) is 28.3 Å². The topological polar surface area (TPSA) is 64.1 Å². The zero-order valence-electron chi connectivity index (χ0n) is 12.6. The minimum atomic E-state index is -0.287. The molecule has 110 valence electrons. The summed E-state index contributed by atoms with van der Waals surface area (Å²) in [4.78, 5) is 0. The van der Waals surface area contributed by atoms with Gasteiger partial charge in [-0.2, -0.15) is 0 Å². The zero-order chi connectivity index (χ0) is 15.3. The maximum atomic E-state index is 6.12. The molecule has 1 aromatic rings. The second kappa shape index (κ2) is 6.71. The highest BCUT2D eigenvalue weighted by atomic mass is 35.5. The fraction of sp³-hybridized carbons (Fsp3) is 0.375. The summed E-state index contributed by atoms with van der Waals surface area (Å²) < 4.78 is 0. The summed E-state index contributed by atoms with van der Waals surface area (Å²) in [6.45, 7) is 8.11. The lowest BCUT2D eigenvalue weighted by molar-refractivity contribution is 0.444. The first kappa shape index (κ1) is 16.4. The van der Waals surface area contributed by atoms with E-state index in [-0.39, 0.29) is 5.54 Å². The van der Waals surface area contributed by atoms with Crippen molar-refractivity contribution in [1.82, 2.24) is 5.32 Å². The van der Waals surface area contributed by atoms with Gasteiger partial charge in [0.15, 0.2) is 0 Å². The molecule has 0 aliphatic carbocycles. The molecule has 0 aromatic heterocycles. The van der Waals surface area contributed by atoms with Crippen LogP contribution >= 0.6 is 11.6 Å². The zero-order valence-corrected chi connectivity index (χ0v) is 13.4. The van der Waals surface area contributed by atoms with Crippen molar-refractivity contribution < 1.29 is 0 Å². The summed E-state index contributed by atoms with van der Waals surface area (Å²) in [5.41, 5.74) is 14.5. The van der Waals surface area contributed by atoms with E-state index < -0.39 is 0 Å². The van der Waals surface area contributed by atoms with E-state index in [2.05, 4.69) is 19.2 Å². The van der Waals surface area contributed by atoms with E-state index in [1.807, 2.05) is 44.2 Å². The second-order valence-electron chi connectivity index (χ2n) is 5.43. The Morgan fingerprint density at radius 2 is 1.80 bits per heavy atom. The maximum absolute atomic E-state index is 6.12. The maximum Gasteiger partial charge on any atom is 0.0997 e. The Kier molecular flexibility index (Phi) is 5.52. The van der Waals surface area contributed by atoms with Crippen molar-refractivity contribution in [3.8, 4) is 0 Å². The second-order valence-corrected chi connectivity index (χ2v) is 5.86. The third kappa shape index (κ3) is 4.49. The fourth-order valence-electron chi connectivity index (χ4n) is 1.83. The van der Waals surface area contributed by atoms with Gasteiger partial charge < -0.3 is 16.8 Å². The van der Waals surface area contributed by atoms with Crippen molar-refractivity contribution in [2.45, 2.75) is 39.7 Å². The molecule has 1 rings (SSSR count). The lowest BCUT2D eigenvalue weighted by Gasteiger charge is -2.29. The molecular formula is C16H24ClN3. The summed E-state index contributed by atoms with van der Waals surface area (Å²) in [6.07, 6.45) is 2.71. The van der Waals surface area contributed by atoms with Gasteiger partial charge in [0.2, 0.25) is 0 Å². The molecule has 0 fully saturated rings. The van der Waals surface area contributed by atoms with Crippen molar-refractivity contribution in [3.63, 3.8) is 0 Å². The van der Waals surface area contributed by atoms with Crippen molar-refractivity contribution in [1.29, 1.82) is 0 Å². The van der Waals surface area contributed by atoms with Gasteiger partial charge in [0.1, 0.15) is 0 Å². The summed E-state index contributed by atoms with van der Waals surface area (Å²) in [6, 6.07) is 7.74. The average molecular weight is 294 g/mol. The number of nitrogens with one attached hydrogen (secondary N) is 1. The van der Waals surface area contributed by atoms with Gasteiger partial charge in [0, 0.05) is 10.7 Å². The van der Waals surface area contributed by atoms with Crippen molar-refractivity contribution in [3.05, 3.63) is 58.0 Å². The average Bonchev–Trinajstić information content (AvgIpc) is 2.38. The Morgan fingerprint density at radius 3 is 2.30 bits per heavy atom. The van der Waals surface area contributed by atoms with Crippen LogP contribution in [0.2, 0.25) is 5.02 Å². The minimum Gasteiger partial charge on any atom is -0.402 e. The number of halogens is 1. The first-order chi connectivity index (χ1) is 9.26. The van der Waals surface area contributed by atoms with E-state index in [4.69, 9.17) is 23.1 Å². The summed E-state index contributed by atoms with van der Waals surface area (Å²) in [7, 11) is 0. The van der Waals surface area contributed by atoms with Crippen LogP contribution in [0.4, 0.5) is 0 Å². The number of allylic oxidation sites excluding steroid dienone is 3. The third-order valence-electron chi connectivity index (χ3n) is 3.25. The van der Waals surface area contributed by atoms with Crippen LogP contribution in [0.5, 0.6) is 0 Å². The monoisotopic (exact) mass is 293 g/mol. The minimum absolute atomic E-state index is 0.287. The molecule has 1 aromatic carbocycles. The Balaban J connectivity index is 2.95. The summed E-state index contributed by atoms with van der Waals surface area (Å²) in [5.74, 6) is 0.626. The Labute approximate surface area is 126 Å². The molecule has 0 aliphatic rings. The quantitative estimate of drug-likeness (QED) is 0.727. The highest BCUT2D eigenvalue weighted by Gasteiger charge is 2.20. The molecule has 0 saturated carbocycles. The van der Waals surface area contributed by atoms with Gasteiger partial charge in [0.25, 0.3) is 0 Å². The molecule has 0 heterocycles. The molecule has 0 bridgehead atoms. The SMILES string of the molecule is CC/C(N)=C/C(C)=C(\N)NC(C)(C)c1ccc(Cl)cc1. The predicted octanol–water partition coefficient (Wildman–Crippen LogP) is 3.61. The standard InChI is InChI=1S/C16H24ClN3/c1-5-14(18)10-11(2)15(19)20-16(3,4)12-6-8-13(17)9-7-12/h6-10,20H,5,18-19H2,1-4H3/b14-10-,15-11+. The van der Waals surface area contributed by atoms with Gasteiger partial charge in [-0.05, 0) is 56.5 Å². The number of rotatable bonds is 5. The molecule has 5 N–H and O–H groups in total. The van der Waals surface area contributed by atoms with Gasteiger partial charge in [-0.15, -0.1) is 0 Å².